The summed E-state index contributed by atoms with van der Waals surface area (Å²) in [6, 6.07) is 0. The van der Waals surface area contributed by atoms with E-state index in [0.29, 0.717) is 5.65 Å². The van der Waals surface area contributed by atoms with Gasteiger partial charge in [0.15, 0.2) is 5.65 Å². The SMILES string of the molecule is O=C(O)c1cnc2c(Br)c(=O)[nH]n2c1. The molecule has 72 valence electrons. The van der Waals surface area contributed by atoms with Crippen LogP contribution in [0.1, 0.15) is 10.4 Å². The zero-order chi connectivity index (χ0) is 10.3. The number of aromatic amines is 1. The van der Waals surface area contributed by atoms with Crippen LogP contribution in [-0.2, 0) is 0 Å². The van der Waals surface area contributed by atoms with Crippen LogP contribution in [0.3, 0.4) is 0 Å². The summed E-state index contributed by atoms with van der Waals surface area (Å²) in [6.07, 6.45) is 2.48. The molecule has 0 unspecified atom stereocenters. The van der Waals surface area contributed by atoms with Gasteiger partial charge < -0.3 is 5.11 Å². The molecule has 0 aromatic carbocycles. The number of halogens is 1. The van der Waals surface area contributed by atoms with E-state index < -0.39 is 5.97 Å². The number of fused-ring (bicyclic) bond motifs is 1. The van der Waals surface area contributed by atoms with Crippen molar-refractivity contribution in [2.75, 3.05) is 0 Å². The summed E-state index contributed by atoms with van der Waals surface area (Å²) >= 11 is 3.04. The maximum atomic E-state index is 11.1. The minimum absolute atomic E-state index is 0.0104. The van der Waals surface area contributed by atoms with Gasteiger partial charge in [0.2, 0.25) is 0 Å². The van der Waals surface area contributed by atoms with E-state index in [2.05, 4.69) is 26.0 Å². The third kappa shape index (κ3) is 1.22. The lowest BCUT2D eigenvalue weighted by atomic mass is 10.3. The largest absolute Gasteiger partial charge is 0.478 e. The Labute approximate surface area is 85.3 Å². The van der Waals surface area contributed by atoms with Gasteiger partial charge in [0.1, 0.15) is 4.47 Å². The molecule has 0 spiro atoms. The molecule has 0 aliphatic rings. The average molecular weight is 258 g/mol. The van der Waals surface area contributed by atoms with E-state index in [1.54, 1.807) is 0 Å². The molecule has 2 aromatic rings. The number of hydrogen-bond acceptors (Lipinski definition) is 3. The highest BCUT2D eigenvalue weighted by Crippen LogP contribution is 2.10. The zero-order valence-electron chi connectivity index (χ0n) is 6.69. The molecule has 2 heterocycles. The molecular weight excluding hydrogens is 254 g/mol. The smallest absolute Gasteiger partial charge is 0.338 e. The van der Waals surface area contributed by atoms with Crippen molar-refractivity contribution < 1.29 is 9.90 Å². The molecular formula is C7H4BrN3O3. The van der Waals surface area contributed by atoms with Crippen LogP contribution in [0, 0.1) is 0 Å². The quantitative estimate of drug-likeness (QED) is 0.778. The number of carboxylic acids is 1. The monoisotopic (exact) mass is 257 g/mol. The molecule has 7 heteroatoms. The van der Waals surface area contributed by atoms with Gasteiger partial charge >= 0.3 is 5.97 Å². The first-order valence-corrected chi connectivity index (χ1v) is 4.38. The van der Waals surface area contributed by atoms with Crippen molar-refractivity contribution in [3.05, 3.63) is 32.8 Å². The molecule has 0 bridgehead atoms. The van der Waals surface area contributed by atoms with Crippen molar-refractivity contribution in [2.45, 2.75) is 0 Å². The van der Waals surface area contributed by atoms with Crippen LogP contribution in [0.2, 0.25) is 0 Å². The predicted octanol–water partition coefficient (Wildman–Crippen LogP) is 0.483. The Morgan fingerprint density at radius 3 is 3.00 bits per heavy atom. The van der Waals surface area contributed by atoms with Crippen molar-refractivity contribution in [1.29, 1.82) is 0 Å². The van der Waals surface area contributed by atoms with Gasteiger partial charge in [-0.25, -0.2) is 14.3 Å². The van der Waals surface area contributed by atoms with Crippen LogP contribution in [0.5, 0.6) is 0 Å². The highest BCUT2D eigenvalue weighted by molar-refractivity contribution is 9.10. The number of aromatic nitrogens is 3. The summed E-state index contributed by atoms with van der Waals surface area (Å²) in [7, 11) is 0. The van der Waals surface area contributed by atoms with Crippen LogP contribution >= 0.6 is 15.9 Å². The summed E-state index contributed by atoms with van der Waals surface area (Å²) < 4.78 is 1.55. The Hall–Kier alpha value is -1.63. The molecule has 0 saturated heterocycles. The average Bonchev–Trinajstić information content (AvgIpc) is 2.42. The fourth-order valence-electron chi connectivity index (χ4n) is 1.04. The second-order valence-corrected chi connectivity index (χ2v) is 3.39. The molecule has 0 radical (unpaired) electrons. The molecule has 2 N–H and O–H groups in total. The summed E-state index contributed by atoms with van der Waals surface area (Å²) in [4.78, 5) is 25.5. The van der Waals surface area contributed by atoms with E-state index in [0.717, 1.165) is 0 Å². The predicted molar refractivity (Wildman–Crippen MR) is 50.5 cm³/mol. The summed E-state index contributed by atoms with van der Waals surface area (Å²) in [5.41, 5.74) is 0.0243. The second-order valence-electron chi connectivity index (χ2n) is 2.60. The molecule has 0 aliphatic carbocycles. The van der Waals surface area contributed by atoms with Crippen LogP contribution in [0.25, 0.3) is 5.65 Å². The molecule has 0 fully saturated rings. The fraction of sp³-hybridized carbons (Fsp3) is 0. The van der Waals surface area contributed by atoms with E-state index in [1.807, 2.05) is 0 Å². The maximum Gasteiger partial charge on any atom is 0.338 e. The van der Waals surface area contributed by atoms with Crippen molar-refractivity contribution in [3.63, 3.8) is 0 Å². The lowest BCUT2D eigenvalue weighted by molar-refractivity contribution is 0.0695. The minimum atomic E-state index is -1.09. The van der Waals surface area contributed by atoms with E-state index in [4.69, 9.17) is 5.11 Å². The van der Waals surface area contributed by atoms with Gasteiger partial charge in [0, 0.05) is 12.4 Å². The number of nitrogens with one attached hydrogen (secondary N) is 1. The van der Waals surface area contributed by atoms with Gasteiger partial charge in [-0.1, -0.05) is 0 Å². The zero-order valence-corrected chi connectivity index (χ0v) is 8.28. The topological polar surface area (TPSA) is 87.5 Å². The van der Waals surface area contributed by atoms with E-state index in [-0.39, 0.29) is 15.6 Å². The van der Waals surface area contributed by atoms with E-state index >= 15 is 0 Å². The third-order valence-electron chi connectivity index (χ3n) is 1.69. The molecule has 14 heavy (non-hydrogen) atoms. The number of rotatable bonds is 1. The van der Waals surface area contributed by atoms with Crippen LogP contribution in [0.15, 0.2) is 21.7 Å². The standard InChI is InChI=1S/C7H4BrN3O3/c8-4-5-9-1-3(7(13)14)2-11(5)10-6(4)12/h1-2H,(H,10,12)(H,13,14). The molecule has 0 saturated carbocycles. The minimum Gasteiger partial charge on any atom is -0.478 e. The summed E-state index contributed by atoms with van der Waals surface area (Å²) in [5, 5.41) is 11.1. The van der Waals surface area contributed by atoms with Crippen molar-refractivity contribution in [3.8, 4) is 0 Å². The fourth-order valence-corrected chi connectivity index (χ4v) is 1.43. The Morgan fingerprint density at radius 1 is 1.64 bits per heavy atom. The first kappa shape index (κ1) is 8.95. The summed E-state index contributed by atoms with van der Waals surface area (Å²) in [6.45, 7) is 0. The second kappa shape index (κ2) is 2.95. The Balaban J connectivity index is 2.80. The summed E-state index contributed by atoms with van der Waals surface area (Å²) in [5.74, 6) is -1.09. The molecule has 2 aromatic heterocycles. The maximum absolute atomic E-state index is 11.1. The number of carbonyl (C=O) groups is 1. The van der Waals surface area contributed by atoms with Crippen molar-refractivity contribution in [1.82, 2.24) is 14.6 Å². The highest BCUT2D eigenvalue weighted by atomic mass is 79.9. The van der Waals surface area contributed by atoms with Crippen molar-refractivity contribution in [2.24, 2.45) is 0 Å². The number of hydrogen-bond donors (Lipinski definition) is 2. The lowest BCUT2D eigenvalue weighted by Crippen LogP contribution is -2.03. The molecule has 0 atom stereocenters. The number of aromatic carboxylic acids is 1. The third-order valence-corrected chi connectivity index (χ3v) is 2.40. The van der Waals surface area contributed by atoms with Crippen LogP contribution in [-0.4, -0.2) is 25.7 Å². The van der Waals surface area contributed by atoms with Crippen LogP contribution < -0.4 is 5.56 Å². The van der Waals surface area contributed by atoms with Crippen molar-refractivity contribution >= 4 is 27.5 Å². The molecule has 0 aliphatic heterocycles. The van der Waals surface area contributed by atoms with Gasteiger partial charge in [-0.3, -0.25) is 9.89 Å². The first-order valence-electron chi connectivity index (χ1n) is 3.59. The number of carboxylic acid groups (broad SMARTS) is 1. The lowest BCUT2D eigenvalue weighted by Gasteiger charge is -1.95. The Bertz CT molecular complexity index is 571. The van der Waals surface area contributed by atoms with Gasteiger partial charge in [0.05, 0.1) is 5.56 Å². The van der Waals surface area contributed by atoms with Gasteiger partial charge in [-0.15, -0.1) is 0 Å². The number of H-pyrrole nitrogens is 1. The molecule has 6 nitrogen and oxygen atoms in total. The highest BCUT2D eigenvalue weighted by Gasteiger charge is 2.09. The van der Waals surface area contributed by atoms with Gasteiger partial charge in [-0.05, 0) is 15.9 Å². The van der Waals surface area contributed by atoms with Gasteiger partial charge in [-0.2, -0.15) is 0 Å². The normalized spacial score (nSPS) is 10.6. The first-order chi connectivity index (χ1) is 6.59. The Morgan fingerprint density at radius 2 is 2.36 bits per heavy atom. The van der Waals surface area contributed by atoms with Gasteiger partial charge in [0.25, 0.3) is 5.56 Å². The number of nitrogens with zero attached hydrogens (tertiary/aromatic N) is 2. The van der Waals surface area contributed by atoms with E-state index in [9.17, 15) is 9.59 Å². The Kier molecular flexibility index (Phi) is 1.88. The van der Waals surface area contributed by atoms with E-state index in [1.165, 1.54) is 16.9 Å². The molecule has 2 rings (SSSR count). The van der Waals surface area contributed by atoms with Crippen LogP contribution in [0.4, 0.5) is 0 Å². The molecule has 0 amide bonds.